The fraction of sp³-hybridized carbons (Fsp3) is 0.0870. The first kappa shape index (κ1) is 21.5. The molecule has 0 fully saturated rings. The molecule has 0 bridgehead atoms. The number of amides is 1. The predicted octanol–water partition coefficient (Wildman–Crippen LogP) is 5.24. The van der Waals surface area contributed by atoms with Gasteiger partial charge in [-0.2, -0.15) is 0 Å². The third-order valence-corrected chi connectivity index (χ3v) is 7.89. The van der Waals surface area contributed by atoms with Crippen LogP contribution in [0.4, 0.5) is 11.4 Å². The molecule has 0 radical (unpaired) electrons. The van der Waals surface area contributed by atoms with E-state index in [-0.39, 0.29) is 4.91 Å². The molecule has 0 spiro atoms. The molecule has 4 rings (SSSR count). The second kappa shape index (κ2) is 8.42. The molecule has 0 saturated carbocycles. The van der Waals surface area contributed by atoms with Crippen LogP contribution in [-0.2, 0) is 14.8 Å². The number of para-hydroxylation sites is 1. The lowest BCUT2D eigenvalue weighted by molar-refractivity contribution is -0.112. The van der Waals surface area contributed by atoms with E-state index in [0.717, 1.165) is 9.20 Å². The summed E-state index contributed by atoms with van der Waals surface area (Å²) in [5.41, 5.74) is 2.54. The number of carbonyl (C=O) groups excluding carboxylic acids is 1. The molecule has 31 heavy (non-hydrogen) atoms. The predicted molar refractivity (Wildman–Crippen MR) is 128 cm³/mol. The minimum absolute atomic E-state index is 0.313. The van der Waals surface area contributed by atoms with E-state index in [1.165, 1.54) is 18.8 Å². The Morgan fingerprint density at radius 3 is 2.39 bits per heavy atom. The number of carbonyl (C=O) groups is 1. The lowest BCUT2D eigenvalue weighted by atomic mass is 9.95. The topological polar surface area (TPSA) is 66.5 Å². The van der Waals surface area contributed by atoms with Crippen molar-refractivity contribution in [2.45, 2.75) is 4.90 Å². The number of nitrogens with zero attached hydrogens (tertiary/aromatic N) is 1. The maximum atomic E-state index is 13.5. The highest BCUT2D eigenvalue weighted by Gasteiger charge is 2.39. The van der Waals surface area contributed by atoms with Crippen LogP contribution in [0.1, 0.15) is 11.1 Å². The van der Waals surface area contributed by atoms with Crippen LogP contribution < -0.4 is 9.62 Å². The summed E-state index contributed by atoms with van der Waals surface area (Å²) in [4.78, 5) is 14.0. The van der Waals surface area contributed by atoms with Crippen LogP contribution in [0.5, 0.6) is 0 Å². The molecule has 8 heteroatoms. The van der Waals surface area contributed by atoms with Crippen LogP contribution in [0.3, 0.4) is 0 Å². The van der Waals surface area contributed by atoms with Gasteiger partial charge in [0.25, 0.3) is 15.9 Å². The number of nitrogens with one attached hydrogen (secondary N) is 1. The van der Waals surface area contributed by atoms with Crippen molar-refractivity contribution in [3.63, 3.8) is 0 Å². The number of halogens is 1. The minimum atomic E-state index is -4.11. The van der Waals surface area contributed by atoms with Crippen molar-refractivity contribution in [1.82, 2.24) is 0 Å². The summed E-state index contributed by atoms with van der Waals surface area (Å²) >= 11 is 7.72. The molecular weight excluding hydrogens is 452 g/mol. The zero-order chi connectivity index (χ0) is 22.2. The molecule has 0 aromatic heterocycles. The molecular formula is C23H19ClN2O3S2. The van der Waals surface area contributed by atoms with Gasteiger partial charge >= 0.3 is 0 Å². The number of sulfonamides is 1. The van der Waals surface area contributed by atoms with E-state index in [0.29, 0.717) is 33.1 Å². The molecule has 1 aliphatic heterocycles. The fourth-order valence-corrected chi connectivity index (χ4v) is 5.74. The van der Waals surface area contributed by atoms with Gasteiger partial charge in [-0.15, -0.1) is 11.8 Å². The van der Waals surface area contributed by atoms with E-state index in [4.69, 9.17) is 11.6 Å². The van der Waals surface area contributed by atoms with Crippen molar-refractivity contribution < 1.29 is 13.2 Å². The van der Waals surface area contributed by atoms with Crippen LogP contribution in [0.15, 0.2) is 82.6 Å². The van der Waals surface area contributed by atoms with E-state index in [1.807, 2.05) is 24.5 Å². The second-order valence-corrected chi connectivity index (χ2v) is 10.0. The summed E-state index contributed by atoms with van der Waals surface area (Å²) in [6.45, 7) is 0. The first-order valence-electron chi connectivity index (χ1n) is 9.37. The van der Waals surface area contributed by atoms with Crippen LogP contribution in [-0.4, -0.2) is 27.6 Å². The Morgan fingerprint density at radius 1 is 1.00 bits per heavy atom. The van der Waals surface area contributed by atoms with E-state index in [9.17, 15) is 13.2 Å². The molecule has 3 aromatic rings. The molecule has 0 saturated heterocycles. The zero-order valence-electron chi connectivity index (χ0n) is 16.8. The van der Waals surface area contributed by atoms with Gasteiger partial charge in [0.05, 0.1) is 11.4 Å². The van der Waals surface area contributed by atoms with Gasteiger partial charge < -0.3 is 5.32 Å². The third kappa shape index (κ3) is 3.84. The summed E-state index contributed by atoms with van der Waals surface area (Å²) < 4.78 is 28.1. The maximum absolute atomic E-state index is 13.5. The van der Waals surface area contributed by atoms with Crippen molar-refractivity contribution in [1.29, 1.82) is 0 Å². The fourth-order valence-electron chi connectivity index (χ4n) is 3.55. The summed E-state index contributed by atoms with van der Waals surface area (Å²) in [6, 6.07) is 21.2. The van der Waals surface area contributed by atoms with E-state index in [2.05, 4.69) is 5.32 Å². The number of hydrogen-bond acceptors (Lipinski definition) is 4. The van der Waals surface area contributed by atoms with Gasteiger partial charge in [-0.3, -0.25) is 9.10 Å². The van der Waals surface area contributed by atoms with Gasteiger partial charge in [-0.1, -0.05) is 54.1 Å². The molecule has 3 aromatic carbocycles. The lowest BCUT2D eigenvalue weighted by Gasteiger charge is -2.31. The minimum Gasteiger partial charge on any atom is -0.320 e. The monoisotopic (exact) mass is 470 g/mol. The Morgan fingerprint density at radius 2 is 1.68 bits per heavy atom. The largest absolute Gasteiger partial charge is 0.320 e. The summed E-state index contributed by atoms with van der Waals surface area (Å²) in [5, 5.41) is 3.25. The van der Waals surface area contributed by atoms with Crippen molar-refractivity contribution in [3.05, 3.63) is 93.9 Å². The Balaban J connectivity index is 1.99. The van der Waals surface area contributed by atoms with Gasteiger partial charge in [-0.05, 0) is 42.2 Å². The Hall–Kier alpha value is -2.74. The smallest absolute Gasteiger partial charge is 0.270 e. The number of fused-ring (bicyclic) bond motifs is 1. The second-order valence-electron chi connectivity index (χ2n) is 6.86. The molecule has 0 unspecified atom stereocenters. The molecule has 1 N–H and O–H groups in total. The Kier molecular flexibility index (Phi) is 5.83. The summed E-state index contributed by atoms with van der Waals surface area (Å²) in [7, 11) is -2.68. The van der Waals surface area contributed by atoms with Crippen LogP contribution in [0, 0.1) is 0 Å². The van der Waals surface area contributed by atoms with Crippen molar-refractivity contribution in [2.75, 3.05) is 22.9 Å². The molecule has 1 heterocycles. The molecule has 1 amide bonds. The summed E-state index contributed by atoms with van der Waals surface area (Å²) in [5.74, 6) is -0.696. The number of hydrogen-bond donors (Lipinski definition) is 1. The highest BCUT2D eigenvalue weighted by Crippen LogP contribution is 2.43. The molecule has 0 atom stereocenters. The number of benzene rings is 3. The number of rotatable bonds is 4. The first-order chi connectivity index (χ1) is 14.8. The average molecular weight is 471 g/mol. The van der Waals surface area contributed by atoms with Crippen LogP contribution in [0.25, 0.3) is 5.57 Å². The highest BCUT2D eigenvalue weighted by molar-refractivity contribution is 7.98. The number of thioether (sulfide) groups is 1. The normalized spacial score (nSPS) is 14.9. The SMILES string of the molecule is CSc1ccccc1NC(=O)C1=C(c2ccccc2)c2cc(Cl)ccc2N(C)S1(=O)=O. The maximum Gasteiger partial charge on any atom is 0.270 e. The third-order valence-electron chi connectivity index (χ3n) is 5.04. The van der Waals surface area contributed by atoms with Gasteiger partial charge in [0, 0.05) is 28.1 Å². The average Bonchev–Trinajstić information content (AvgIpc) is 2.77. The Labute approximate surface area is 190 Å². The molecule has 5 nitrogen and oxygen atoms in total. The quantitative estimate of drug-likeness (QED) is 0.529. The highest BCUT2D eigenvalue weighted by atomic mass is 35.5. The number of anilines is 2. The van der Waals surface area contributed by atoms with Crippen LogP contribution in [0.2, 0.25) is 5.02 Å². The van der Waals surface area contributed by atoms with Gasteiger partial charge in [-0.25, -0.2) is 8.42 Å². The van der Waals surface area contributed by atoms with E-state index >= 15 is 0 Å². The zero-order valence-corrected chi connectivity index (χ0v) is 19.2. The van der Waals surface area contributed by atoms with Gasteiger partial charge in [0.15, 0.2) is 4.91 Å². The Bertz CT molecular complexity index is 1310. The van der Waals surface area contributed by atoms with E-state index in [1.54, 1.807) is 54.6 Å². The molecule has 0 aliphatic carbocycles. The lowest BCUT2D eigenvalue weighted by Crippen LogP contribution is -2.37. The standard InChI is InChI=1S/C23H19ClN2O3S2/c1-26-19-13-12-16(24)14-17(19)21(15-8-4-3-5-9-15)22(31(26,28)29)23(27)25-18-10-6-7-11-20(18)30-2/h3-14H,1-2H3,(H,25,27). The first-order valence-corrected chi connectivity index (χ1v) is 12.4. The van der Waals surface area contributed by atoms with Crippen molar-refractivity contribution in [2.24, 2.45) is 0 Å². The van der Waals surface area contributed by atoms with Crippen molar-refractivity contribution >= 4 is 56.2 Å². The van der Waals surface area contributed by atoms with Gasteiger partial charge in [0.1, 0.15) is 0 Å². The molecule has 1 aliphatic rings. The van der Waals surface area contributed by atoms with Gasteiger partial charge in [0.2, 0.25) is 0 Å². The molecule has 158 valence electrons. The van der Waals surface area contributed by atoms with E-state index < -0.39 is 15.9 Å². The summed E-state index contributed by atoms with van der Waals surface area (Å²) in [6.07, 6.45) is 1.89. The van der Waals surface area contributed by atoms with Crippen molar-refractivity contribution in [3.8, 4) is 0 Å². The van der Waals surface area contributed by atoms with Crippen LogP contribution >= 0.6 is 23.4 Å².